The minimum Gasteiger partial charge on any atom is -0.507 e. The van der Waals surface area contributed by atoms with Gasteiger partial charge in [0.1, 0.15) is 5.75 Å². The summed E-state index contributed by atoms with van der Waals surface area (Å²) in [6.07, 6.45) is 1.75. The molecule has 2 nitrogen and oxygen atoms in total. The molecule has 21 heavy (non-hydrogen) atoms. The van der Waals surface area contributed by atoms with E-state index in [1.807, 2.05) is 50.2 Å². The number of phenols is 1. The Labute approximate surface area is 124 Å². The molecule has 3 aromatic carbocycles. The van der Waals surface area contributed by atoms with Crippen LogP contribution < -0.4 is 0 Å². The largest absolute Gasteiger partial charge is 0.507 e. The molecule has 0 bridgehead atoms. The molecule has 0 radical (unpaired) electrons. The van der Waals surface area contributed by atoms with Crippen LogP contribution >= 0.6 is 0 Å². The van der Waals surface area contributed by atoms with E-state index in [1.165, 1.54) is 5.56 Å². The van der Waals surface area contributed by atoms with Crippen LogP contribution in [0.5, 0.6) is 5.75 Å². The molecule has 3 rings (SSSR count). The molecule has 0 aliphatic rings. The normalized spacial score (nSPS) is 11.3. The number of nitrogens with zero attached hydrogens (tertiary/aromatic N) is 1. The predicted molar refractivity (Wildman–Crippen MR) is 88.8 cm³/mol. The van der Waals surface area contributed by atoms with E-state index < -0.39 is 0 Å². The SMILES string of the molecule is Cc1ccc(C)c(N=Cc2c(O)ccc3ccccc23)c1. The molecule has 0 aliphatic heterocycles. The molecule has 0 heterocycles. The second-order valence-corrected chi connectivity index (χ2v) is 5.27. The molecule has 2 heteroatoms. The fourth-order valence-electron chi connectivity index (χ4n) is 2.41. The fourth-order valence-corrected chi connectivity index (χ4v) is 2.41. The van der Waals surface area contributed by atoms with E-state index in [9.17, 15) is 5.11 Å². The van der Waals surface area contributed by atoms with Gasteiger partial charge in [0.15, 0.2) is 0 Å². The quantitative estimate of drug-likeness (QED) is 0.662. The van der Waals surface area contributed by atoms with Crippen LogP contribution in [0.4, 0.5) is 5.69 Å². The molecule has 0 spiro atoms. The summed E-state index contributed by atoms with van der Waals surface area (Å²) >= 11 is 0. The van der Waals surface area contributed by atoms with Gasteiger partial charge < -0.3 is 5.11 Å². The van der Waals surface area contributed by atoms with Gasteiger partial charge in [-0.25, -0.2) is 0 Å². The van der Waals surface area contributed by atoms with Crippen molar-refractivity contribution in [1.82, 2.24) is 0 Å². The van der Waals surface area contributed by atoms with E-state index in [1.54, 1.807) is 12.3 Å². The summed E-state index contributed by atoms with van der Waals surface area (Å²) in [6.45, 7) is 4.09. The van der Waals surface area contributed by atoms with Gasteiger partial charge in [-0.05, 0) is 47.9 Å². The molecule has 0 atom stereocenters. The number of aromatic hydroxyl groups is 1. The maximum atomic E-state index is 10.1. The average Bonchev–Trinajstić information content (AvgIpc) is 2.49. The third kappa shape index (κ3) is 2.65. The van der Waals surface area contributed by atoms with Crippen molar-refractivity contribution in [2.24, 2.45) is 4.99 Å². The van der Waals surface area contributed by atoms with E-state index in [0.29, 0.717) is 0 Å². The number of hydrogen-bond acceptors (Lipinski definition) is 2. The van der Waals surface area contributed by atoms with Crippen molar-refractivity contribution in [3.8, 4) is 5.75 Å². The van der Waals surface area contributed by atoms with Crippen molar-refractivity contribution in [1.29, 1.82) is 0 Å². The van der Waals surface area contributed by atoms with Crippen LogP contribution in [0.15, 0.2) is 59.6 Å². The number of rotatable bonds is 2. The van der Waals surface area contributed by atoms with E-state index in [2.05, 4.69) is 17.1 Å². The Morgan fingerprint density at radius 3 is 2.62 bits per heavy atom. The van der Waals surface area contributed by atoms with Gasteiger partial charge in [-0.3, -0.25) is 4.99 Å². The molecule has 0 saturated carbocycles. The summed E-state index contributed by atoms with van der Waals surface area (Å²) in [6, 6.07) is 17.8. The number of hydrogen-bond donors (Lipinski definition) is 1. The third-order valence-electron chi connectivity index (χ3n) is 3.65. The van der Waals surface area contributed by atoms with Crippen molar-refractivity contribution in [3.05, 3.63) is 71.3 Å². The Morgan fingerprint density at radius 1 is 0.952 bits per heavy atom. The minimum atomic E-state index is 0.253. The van der Waals surface area contributed by atoms with Crippen LogP contribution in [0.1, 0.15) is 16.7 Å². The zero-order chi connectivity index (χ0) is 14.8. The summed E-state index contributed by atoms with van der Waals surface area (Å²) in [5.74, 6) is 0.253. The van der Waals surface area contributed by atoms with Gasteiger partial charge >= 0.3 is 0 Å². The number of fused-ring (bicyclic) bond motifs is 1. The fraction of sp³-hybridized carbons (Fsp3) is 0.105. The topological polar surface area (TPSA) is 32.6 Å². The highest BCUT2D eigenvalue weighted by Gasteiger charge is 2.04. The van der Waals surface area contributed by atoms with Crippen LogP contribution in [0.3, 0.4) is 0 Å². The van der Waals surface area contributed by atoms with Gasteiger partial charge in [-0.15, -0.1) is 0 Å². The Bertz CT molecular complexity index is 834. The third-order valence-corrected chi connectivity index (χ3v) is 3.65. The first-order valence-electron chi connectivity index (χ1n) is 6.97. The van der Waals surface area contributed by atoms with Gasteiger partial charge in [0, 0.05) is 11.8 Å². The van der Waals surface area contributed by atoms with E-state index in [-0.39, 0.29) is 5.75 Å². The summed E-state index contributed by atoms with van der Waals surface area (Å²) in [4.78, 5) is 4.56. The van der Waals surface area contributed by atoms with Crippen LogP contribution in [0.2, 0.25) is 0 Å². The van der Waals surface area contributed by atoms with Crippen LogP contribution in [0, 0.1) is 13.8 Å². The number of phenolic OH excluding ortho intramolecular Hbond substituents is 1. The first-order chi connectivity index (χ1) is 10.1. The number of benzene rings is 3. The minimum absolute atomic E-state index is 0.253. The van der Waals surface area contributed by atoms with Gasteiger partial charge in [-0.2, -0.15) is 0 Å². The molecule has 0 unspecified atom stereocenters. The lowest BCUT2D eigenvalue weighted by atomic mass is 10.0. The van der Waals surface area contributed by atoms with Gasteiger partial charge in [0.25, 0.3) is 0 Å². The molecular formula is C19H17NO. The Hall–Kier alpha value is -2.61. The smallest absolute Gasteiger partial charge is 0.124 e. The Kier molecular flexibility index (Phi) is 3.44. The molecule has 0 saturated heterocycles. The summed E-state index contributed by atoms with van der Waals surface area (Å²) in [7, 11) is 0. The molecular weight excluding hydrogens is 258 g/mol. The van der Waals surface area contributed by atoms with E-state index >= 15 is 0 Å². The highest BCUT2D eigenvalue weighted by atomic mass is 16.3. The molecule has 0 aliphatic carbocycles. The lowest BCUT2D eigenvalue weighted by molar-refractivity contribution is 0.475. The van der Waals surface area contributed by atoms with Gasteiger partial charge in [-0.1, -0.05) is 42.5 Å². The van der Waals surface area contributed by atoms with Crippen molar-refractivity contribution >= 4 is 22.7 Å². The molecule has 0 fully saturated rings. The van der Waals surface area contributed by atoms with Crippen LogP contribution in [-0.4, -0.2) is 11.3 Å². The maximum Gasteiger partial charge on any atom is 0.124 e. The van der Waals surface area contributed by atoms with E-state index in [4.69, 9.17) is 0 Å². The summed E-state index contributed by atoms with van der Waals surface area (Å²) < 4.78 is 0. The molecule has 3 aromatic rings. The second kappa shape index (κ2) is 5.41. The zero-order valence-electron chi connectivity index (χ0n) is 12.2. The maximum absolute atomic E-state index is 10.1. The highest BCUT2D eigenvalue weighted by Crippen LogP contribution is 2.27. The molecule has 104 valence electrons. The molecule has 0 aromatic heterocycles. The van der Waals surface area contributed by atoms with Gasteiger partial charge in [0.05, 0.1) is 5.69 Å². The lowest BCUT2D eigenvalue weighted by Gasteiger charge is -2.05. The average molecular weight is 275 g/mol. The van der Waals surface area contributed by atoms with Crippen LogP contribution in [-0.2, 0) is 0 Å². The molecule has 1 N–H and O–H groups in total. The zero-order valence-corrected chi connectivity index (χ0v) is 12.2. The Morgan fingerprint density at radius 2 is 1.76 bits per heavy atom. The Balaban J connectivity index is 2.11. The lowest BCUT2D eigenvalue weighted by Crippen LogP contribution is -1.86. The summed E-state index contributed by atoms with van der Waals surface area (Å²) in [5.41, 5.74) is 3.99. The number of aliphatic imine (C=N–C) groups is 1. The van der Waals surface area contributed by atoms with Crippen molar-refractivity contribution in [3.63, 3.8) is 0 Å². The van der Waals surface area contributed by atoms with Crippen molar-refractivity contribution in [2.75, 3.05) is 0 Å². The van der Waals surface area contributed by atoms with Gasteiger partial charge in [0.2, 0.25) is 0 Å². The van der Waals surface area contributed by atoms with Crippen molar-refractivity contribution < 1.29 is 5.11 Å². The number of aryl methyl sites for hydroxylation is 2. The molecule has 0 amide bonds. The first-order valence-corrected chi connectivity index (χ1v) is 6.97. The van der Waals surface area contributed by atoms with E-state index in [0.717, 1.165) is 27.6 Å². The van der Waals surface area contributed by atoms with Crippen LogP contribution in [0.25, 0.3) is 10.8 Å². The predicted octanol–water partition coefficient (Wildman–Crippen LogP) is 4.91. The first kappa shape index (κ1) is 13.4. The monoisotopic (exact) mass is 275 g/mol. The second-order valence-electron chi connectivity index (χ2n) is 5.27. The summed E-state index contributed by atoms with van der Waals surface area (Å²) in [5, 5.41) is 12.2. The highest BCUT2D eigenvalue weighted by molar-refractivity contribution is 6.03. The van der Waals surface area contributed by atoms with Crippen molar-refractivity contribution in [2.45, 2.75) is 13.8 Å². The standard InChI is InChI=1S/C19H17NO/c1-13-7-8-14(2)18(11-13)20-12-17-16-6-4-3-5-15(16)9-10-19(17)21/h3-12,21H,1-2H3.